The molecule has 1 aromatic rings. The number of amides is 1. The van der Waals surface area contributed by atoms with Gasteiger partial charge >= 0.3 is 6.09 Å². The molecule has 6 nitrogen and oxygen atoms in total. The maximum atomic E-state index is 11.3. The molecule has 0 bridgehead atoms. The molecule has 1 aliphatic heterocycles. The fraction of sp³-hybridized carbons (Fsp3) is 0.545. The Kier molecular flexibility index (Phi) is 3.74. The highest BCUT2D eigenvalue weighted by Gasteiger charge is 2.24. The van der Waals surface area contributed by atoms with E-state index in [4.69, 9.17) is 4.74 Å². The van der Waals surface area contributed by atoms with Crippen LogP contribution in [0, 0.1) is 0 Å². The van der Waals surface area contributed by atoms with Crippen LogP contribution in [-0.4, -0.2) is 47.5 Å². The van der Waals surface area contributed by atoms with Gasteiger partial charge in [0.25, 0.3) is 0 Å². The summed E-state index contributed by atoms with van der Waals surface area (Å²) >= 11 is 0. The molecule has 17 heavy (non-hydrogen) atoms. The van der Waals surface area contributed by atoms with Crippen LogP contribution in [0.5, 0.6) is 5.88 Å². The lowest BCUT2D eigenvalue weighted by Gasteiger charge is -2.30. The van der Waals surface area contributed by atoms with Gasteiger partial charge in [0.15, 0.2) is 0 Å². The van der Waals surface area contributed by atoms with Crippen molar-refractivity contribution in [1.29, 1.82) is 0 Å². The summed E-state index contributed by atoms with van der Waals surface area (Å²) in [7, 11) is 1.39. The van der Waals surface area contributed by atoms with Crippen LogP contribution in [-0.2, 0) is 4.74 Å². The van der Waals surface area contributed by atoms with Gasteiger partial charge in [-0.1, -0.05) is 0 Å². The molecule has 0 spiro atoms. The summed E-state index contributed by atoms with van der Waals surface area (Å²) in [5.41, 5.74) is 0. The molecule has 0 N–H and O–H groups in total. The molecular weight excluding hydrogens is 222 g/mol. The van der Waals surface area contributed by atoms with Gasteiger partial charge in [0.2, 0.25) is 5.88 Å². The molecule has 0 unspecified atom stereocenters. The third kappa shape index (κ3) is 3.05. The van der Waals surface area contributed by atoms with Gasteiger partial charge in [-0.3, -0.25) is 0 Å². The predicted octanol–water partition coefficient (Wildman–Crippen LogP) is 1.09. The number of carbonyl (C=O) groups is 1. The van der Waals surface area contributed by atoms with Crippen LogP contribution >= 0.6 is 0 Å². The Bertz CT molecular complexity index is 363. The number of aromatic nitrogens is 2. The van der Waals surface area contributed by atoms with Crippen molar-refractivity contribution in [2.75, 3.05) is 20.2 Å². The lowest BCUT2D eigenvalue weighted by molar-refractivity contribution is 0.0768. The fourth-order valence-electron chi connectivity index (χ4n) is 1.81. The lowest BCUT2D eigenvalue weighted by atomic mass is 10.1. The molecule has 1 aromatic heterocycles. The number of methoxy groups -OCH3 is 1. The van der Waals surface area contributed by atoms with Crippen LogP contribution in [0.3, 0.4) is 0 Å². The van der Waals surface area contributed by atoms with Crippen molar-refractivity contribution in [2.45, 2.75) is 18.9 Å². The van der Waals surface area contributed by atoms with Gasteiger partial charge < -0.3 is 14.4 Å². The first kappa shape index (κ1) is 11.6. The van der Waals surface area contributed by atoms with Crippen molar-refractivity contribution in [3.8, 4) is 5.88 Å². The van der Waals surface area contributed by atoms with Crippen molar-refractivity contribution < 1.29 is 14.3 Å². The molecule has 2 heterocycles. The number of hydrogen-bond donors (Lipinski definition) is 0. The molecule has 6 heteroatoms. The highest BCUT2D eigenvalue weighted by Crippen LogP contribution is 2.16. The molecule has 1 amide bonds. The normalized spacial score (nSPS) is 16.6. The smallest absolute Gasteiger partial charge is 0.409 e. The first-order valence-corrected chi connectivity index (χ1v) is 5.57. The van der Waals surface area contributed by atoms with Crippen molar-refractivity contribution in [2.24, 2.45) is 0 Å². The van der Waals surface area contributed by atoms with Gasteiger partial charge in [-0.15, -0.1) is 5.10 Å². The van der Waals surface area contributed by atoms with E-state index in [1.54, 1.807) is 23.2 Å². The molecule has 1 saturated heterocycles. The number of nitrogens with zero attached hydrogens (tertiary/aromatic N) is 3. The number of carbonyl (C=O) groups excluding carboxylic acids is 1. The second kappa shape index (κ2) is 5.47. The van der Waals surface area contributed by atoms with Crippen molar-refractivity contribution in [3.05, 3.63) is 18.3 Å². The van der Waals surface area contributed by atoms with E-state index in [0.29, 0.717) is 19.0 Å². The summed E-state index contributed by atoms with van der Waals surface area (Å²) in [4.78, 5) is 12.9. The third-order valence-corrected chi connectivity index (χ3v) is 2.71. The van der Waals surface area contributed by atoms with E-state index >= 15 is 0 Å². The number of ether oxygens (including phenoxy) is 2. The molecule has 0 saturated carbocycles. The predicted molar refractivity (Wildman–Crippen MR) is 59.7 cm³/mol. The van der Waals surface area contributed by atoms with E-state index < -0.39 is 0 Å². The Hall–Kier alpha value is -1.85. The maximum Gasteiger partial charge on any atom is 0.409 e. The minimum Gasteiger partial charge on any atom is -0.473 e. The number of likely N-dealkylation sites (tertiary alicyclic amines) is 1. The van der Waals surface area contributed by atoms with Gasteiger partial charge in [-0.2, -0.15) is 5.10 Å². The summed E-state index contributed by atoms with van der Waals surface area (Å²) < 4.78 is 10.3. The van der Waals surface area contributed by atoms with Gasteiger partial charge in [0.05, 0.1) is 7.11 Å². The molecular formula is C11H15N3O3. The first-order valence-electron chi connectivity index (χ1n) is 5.57. The van der Waals surface area contributed by atoms with Crippen LogP contribution in [0.2, 0.25) is 0 Å². The molecule has 0 atom stereocenters. The highest BCUT2D eigenvalue weighted by molar-refractivity contribution is 5.67. The molecule has 0 aromatic carbocycles. The monoisotopic (exact) mass is 237 g/mol. The Balaban J connectivity index is 1.82. The molecule has 92 valence electrons. The minimum absolute atomic E-state index is 0.0904. The van der Waals surface area contributed by atoms with Gasteiger partial charge in [0.1, 0.15) is 6.10 Å². The van der Waals surface area contributed by atoms with Gasteiger partial charge in [-0.25, -0.2) is 4.79 Å². The standard InChI is InChI=1S/C11H15N3O3/c1-16-11(15)14-7-4-9(5-8-14)17-10-3-2-6-12-13-10/h2-3,6,9H,4-5,7-8H2,1H3. The van der Waals surface area contributed by atoms with Crippen LogP contribution in [0.4, 0.5) is 4.79 Å². The maximum absolute atomic E-state index is 11.3. The van der Waals surface area contributed by atoms with Crippen LogP contribution in [0.25, 0.3) is 0 Å². The van der Waals surface area contributed by atoms with Gasteiger partial charge in [-0.05, 0) is 6.07 Å². The second-order valence-corrected chi connectivity index (χ2v) is 3.84. The number of rotatable bonds is 2. The highest BCUT2D eigenvalue weighted by atomic mass is 16.5. The summed E-state index contributed by atoms with van der Waals surface area (Å²) in [5, 5.41) is 7.61. The van der Waals surface area contributed by atoms with Crippen molar-refractivity contribution in [3.63, 3.8) is 0 Å². The van der Waals surface area contributed by atoms with Crippen LogP contribution < -0.4 is 4.74 Å². The molecule has 2 rings (SSSR count). The summed E-state index contributed by atoms with van der Waals surface area (Å²) in [6.07, 6.45) is 2.99. The Morgan fingerprint density at radius 1 is 1.47 bits per heavy atom. The molecule has 1 aliphatic rings. The van der Waals surface area contributed by atoms with Crippen LogP contribution in [0.1, 0.15) is 12.8 Å². The van der Waals surface area contributed by atoms with E-state index in [0.717, 1.165) is 12.8 Å². The molecule has 1 fully saturated rings. The zero-order valence-corrected chi connectivity index (χ0v) is 9.70. The average Bonchev–Trinajstić information content (AvgIpc) is 2.40. The van der Waals surface area contributed by atoms with E-state index in [1.165, 1.54) is 7.11 Å². The number of piperidine rings is 1. The van der Waals surface area contributed by atoms with E-state index in [-0.39, 0.29) is 12.2 Å². The largest absolute Gasteiger partial charge is 0.473 e. The topological polar surface area (TPSA) is 64.5 Å². The minimum atomic E-state index is -0.275. The van der Waals surface area contributed by atoms with Crippen molar-refractivity contribution >= 4 is 6.09 Å². The fourth-order valence-corrected chi connectivity index (χ4v) is 1.81. The van der Waals surface area contributed by atoms with Crippen LogP contribution in [0.15, 0.2) is 18.3 Å². The lowest BCUT2D eigenvalue weighted by Crippen LogP contribution is -2.41. The quantitative estimate of drug-likeness (QED) is 0.770. The second-order valence-electron chi connectivity index (χ2n) is 3.84. The van der Waals surface area contributed by atoms with E-state index in [1.807, 2.05) is 0 Å². The first-order chi connectivity index (χ1) is 8.29. The Morgan fingerprint density at radius 3 is 2.82 bits per heavy atom. The van der Waals surface area contributed by atoms with E-state index in [2.05, 4.69) is 14.9 Å². The third-order valence-electron chi connectivity index (χ3n) is 2.71. The summed E-state index contributed by atoms with van der Waals surface area (Å²) in [6.45, 7) is 1.30. The average molecular weight is 237 g/mol. The number of hydrogen-bond acceptors (Lipinski definition) is 5. The summed E-state index contributed by atoms with van der Waals surface area (Å²) in [6, 6.07) is 3.56. The Labute approximate surface area is 99.5 Å². The van der Waals surface area contributed by atoms with E-state index in [9.17, 15) is 4.79 Å². The Morgan fingerprint density at radius 2 is 2.24 bits per heavy atom. The summed E-state index contributed by atoms with van der Waals surface area (Å²) in [5.74, 6) is 0.531. The molecule has 0 aliphatic carbocycles. The molecule has 0 radical (unpaired) electrons. The zero-order valence-electron chi connectivity index (χ0n) is 9.70. The van der Waals surface area contributed by atoms with Gasteiger partial charge in [0, 0.05) is 38.2 Å². The zero-order chi connectivity index (χ0) is 12.1. The SMILES string of the molecule is COC(=O)N1CCC(Oc2cccnn2)CC1. The van der Waals surface area contributed by atoms with Crippen molar-refractivity contribution in [1.82, 2.24) is 15.1 Å².